The number of aromatic nitrogens is 2. The molecule has 0 aliphatic rings. The normalized spacial score (nSPS) is 10.7. The van der Waals surface area contributed by atoms with Gasteiger partial charge in [-0.3, -0.25) is 34.2 Å². The number of nitrogens with zero attached hydrogens (tertiary/aromatic N) is 3. The molecule has 0 saturated heterocycles. The van der Waals surface area contributed by atoms with Gasteiger partial charge in [0.1, 0.15) is 5.82 Å². The van der Waals surface area contributed by atoms with Gasteiger partial charge >= 0.3 is 5.69 Å². The van der Waals surface area contributed by atoms with Crippen LogP contribution in [0.1, 0.15) is 21.5 Å². The largest absolute Gasteiger partial charge is 0.383 e. The lowest BCUT2D eigenvalue weighted by atomic mass is 10.1. The van der Waals surface area contributed by atoms with E-state index in [0.29, 0.717) is 5.56 Å². The van der Waals surface area contributed by atoms with Crippen molar-refractivity contribution in [2.45, 2.75) is 20.0 Å². The number of benzene rings is 2. The number of nitrogen functional groups attached to an aromatic ring is 1. The maximum atomic E-state index is 13.5. The zero-order chi connectivity index (χ0) is 24.1. The summed E-state index contributed by atoms with van der Waals surface area (Å²) in [5.41, 5.74) is 5.44. The number of aryl methyl sites for hydroxylation is 1. The van der Waals surface area contributed by atoms with Gasteiger partial charge in [-0.05, 0) is 24.6 Å². The van der Waals surface area contributed by atoms with E-state index in [2.05, 4.69) is 4.98 Å². The molecule has 3 rings (SSSR count). The first-order valence-electron chi connectivity index (χ1n) is 9.97. The van der Waals surface area contributed by atoms with Crippen LogP contribution in [0.3, 0.4) is 0 Å². The molecule has 1 heterocycles. The Bertz CT molecular complexity index is 1300. The van der Waals surface area contributed by atoms with Crippen molar-refractivity contribution in [2.75, 3.05) is 24.4 Å². The van der Waals surface area contributed by atoms with Crippen LogP contribution >= 0.6 is 0 Å². The molecular weight excluding hydrogens is 430 g/mol. The molecule has 0 bridgehead atoms. The van der Waals surface area contributed by atoms with E-state index < -0.39 is 22.1 Å². The van der Waals surface area contributed by atoms with Crippen LogP contribution in [0.4, 0.5) is 17.2 Å². The van der Waals surface area contributed by atoms with Gasteiger partial charge in [-0.15, -0.1) is 0 Å². The smallest absolute Gasteiger partial charge is 0.330 e. The minimum Gasteiger partial charge on any atom is -0.383 e. The van der Waals surface area contributed by atoms with Crippen LogP contribution in [0.5, 0.6) is 0 Å². The molecule has 11 heteroatoms. The lowest BCUT2D eigenvalue weighted by molar-refractivity contribution is -0.385. The third-order valence-corrected chi connectivity index (χ3v) is 5.07. The van der Waals surface area contributed by atoms with Gasteiger partial charge in [0.25, 0.3) is 17.2 Å². The molecule has 0 saturated carbocycles. The van der Waals surface area contributed by atoms with Crippen LogP contribution < -0.4 is 21.9 Å². The van der Waals surface area contributed by atoms with Gasteiger partial charge in [-0.1, -0.05) is 30.3 Å². The zero-order valence-electron chi connectivity index (χ0n) is 18.1. The number of H-pyrrole nitrogens is 1. The third-order valence-electron chi connectivity index (χ3n) is 5.07. The van der Waals surface area contributed by atoms with E-state index in [4.69, 9.17) is 10.5 Å². The quantitative estimate of drug-likeness (QED) is 0.389. The van der Waals surface area contributed by atoms with E-state index in [1.165, 1.54) is 32.2 Å². The molecule has 172 valence electrons. The lowest BCUT2D eigenvalue weighted by Crippen LogP contribution is -2.41. The maximum absolute atomic E-state index is 13.5. The van der Waals surface area contributed by atoms with E-state index in [1.54, 1.807) is 30.3 Å². The van der Waals surface area contributed by atoms with Crippen molar-refractivity contribution >= 4 is 23.1 Å². The molecule has 1 aromatic heterocycles. The second-order valence-electron chi connectivity index (χ2n) is 7.27. The first kappa shape index (κ1) is 23.4. The second-order valence-corrected chi connectivity index (χ2v) is 7.27. The Labute approximate surface area is 188 Å². The molecule has 0 spiro atoms. The number of aromatic amines is 1. The minimum atomic E-state index is -0.825. The van der Waals surface area contributed by atoms with Crippen molar-refractivity contribution in [3.05, 3.63) is 96.2 Å². The number of nitro benzene ring substituents is 1. The van der Waals surface area contributed by atoms with Crippen LogP contribution in [0.25, 0.3) is 0 Å². The van der Waals surface area contributed by atoms with Crippen molar-refractivity contribution < 1.29 is 14.5 Å². The molecular formula is C22H23N5O6. The van der Waals surface area contributed by atoms with Crippen LogP contribution in [-0.2, 0) is 17.8 Å². The summed E-state index contributed by atoms with van der Waals surface area (Å²) < 4.78 is 6.12. The number of ether oxygens (including phenoxy) is 1. The molecule has 0 atom stereocenters. The molecule has 0 fully saturated rings. The first-order chi connectivity index (χ1) is 15.7. The number of rotatable bonds is 8. The van der Waals surface area contributed by atoms with Crippen LogP contribution in [-0.4, -0.2) is 34.1 Å². The number of hydrogen-bond acceptors (Lipinski definition) is 7. The van der Waals surface area contributed by atoms with E-state index in [9.17, 15) is 24.5 Å². The predicted molar refractivity (Wildman–Crippen MR) is 122 cm³/mol. The molecule has 3 aromatic rings. The molecule has 3 N–H and O–H groups in total. The summed E-state index contributed by atoms with van der Waals surface area (Å²) in [4.78, 5) is 52.6. The van der Waals surface area contributed by atoms with Crippen molar-refractivity contribution in [3.63, 3.8) is 0 Å². The van der Waals surface area contributed by atoms with Gasteiger partial charge in [-0.2, -0.15) is 0 Å². The molecule has 11 nitrogen and oxygen atoms in total. The summed E-state index contributed by atoms with van der Waals surface area (Å²) >= 11 is 0. The number of carbonyl (C=O) groups is 1. The lowest BCUT2D eigenvalue weighted by Gasteiger charge is -2.25. The Kier molecular flexibility index (Phi) is 7.04. The van der Waals surface area contributed by atoms with Gasteiger partial charge < -0.3 is 10.5 Å². The van der Waals surface area contributed by atoms with Gasteiger partial charge in [-0.25, -0.2) is 4.79 Å². The molecule has 0 unspecified atom stereocenters. The number of nitrogens with one attached hydrogen (secondary N) is 1. The van der Waals surface area contributed by atoms with Crippen molar-refractivity contribution in [1.29, 1.82) is 0 Å². The fourth-order valence-corrected chi connectivity index (χ4v) is 3.41. The van der Waals surface area contributed by atoms with Gasteiger partial charge in [0.05, 0.1) is 24.6 Å². The highest BCUT2D eigenvalue weighted by molar-refractivity contribution is 6.07. The summed E-state index contributed by atoms with van der Waals surface area (Å²) in [6.07, 6.45) is 0. The highest BCUT2D eigenvalue weighted by Crippen LogP contribution is 2.25. The zero-order valence-corrected chi connectivity index (χ0v) is 18.1. The predicted octanol–water partition coefficient (Wildman–Crippen LogP) is 1.83. The van der Waals surface area contributed by atoms with Gasteiger partial charge in [0.15, 0.2) is 5.69 Å². The summed E-state index contributed by atoms with van der Waals surface area (Å²) in [6, 6.07) is 12.8. The Morgan fingerprint density at radius 2 is 1.91 bits per heavy atom. The van der Waals surface area contributed by atoms with Crippen molar-refractivity contribution in [3.8, 4) is 0 Å². The summed E-state index contributed by atoms with van der Waals surface area (Å²) in [5, 5.41) is 11.2. The van der Waals surface area contributed by atoms with Crippen LogP contribution in [0.15, 0.2) is 58.1 Å². The Morgan fingerprint density at radius 3 is 2.52 bits per heavy atom. The van der Waals surface area contributed by atoms with Crippen molar-refractivity contribution in [1.82, 2.24) is 9.55 Å². The number of methoxy groups -OCH3 is 1. The highest BCUT2D eigenvalue weighted by Gasteiger charge is 2.26. The average molecular weight is 453 g/mol. The van der Waals surface area contributed by atoms with E-state index in [0.717, 1.165) is 9.47 Å². The van der Waals surface area contributed by atoms with E-state index >= 15 is 0 Å². The number of anilines is 2. The number of hydrogen-bond donors (Lipinski definition) is 2. The number of carbonyl (C=O) groups excluding carboxylic acids is 1. The fourth-order valence-electron chi connectivity index (χ4n) is 3.41. The van der Waals surface area contributed by atoms with Crippen molar-refractivity contribution in [2.24, 2.45) is 0 Å². The number of nitro groups is 1. The molecule has 2 aromatic carbocycles. The summed E-state index contributed by atoms with van der Waals surface area (Å²) in [7, 11) is 1.45. The monoisotopic (exact) mass is 453 g/mol. The molecule has 0 aliphatic carbocycles. The third kappa shape index (κ3) is 4.99. The molecule has 33 heavy (non-hydrogen) atoms. The first-order valence-corrected chi connectivity index (χ1v) is 9.97. The Hall–Kier alpha value is -4.25. The number of nitrogens with two attached hydrogens (primary N) is 1. The molecule has 1 amide bonds. The van der Waals surface area contributed by atoms with Crippen LogP contribution in [0, 0.1) is 17.0 Å². The highest BCUT2D eigenvalue weighted by atomic mass is 16.6. The van der Waals surface area contributed by atoms with Gasteiger partial charge in [0, 0.05) is 24.3 Å². The summed E-state index contributed by atoms with van der Waals surface area (Å²) in [5.74, 6) is -0.797. The van der Waals surface area contributed by atoms with Gasteiger partial charge in [0.2, 0.25) is 0 Å². The average Bonchev–Trinajstić information content (AvgIpc) is 2.78. The second kappa shape index (κ2) is 9.92. The standard InChI is InChI=1S/C22H23N5O6/c1-14-12-16(8-9-17(14)27(31)32)21(29)26(13-15-6-4-3-5-7-15)18-19(23)25(10-11-33-2)22(30)24-20(18)28/h3-9,12H,10-11,13,23H2,1-2H3,(H,24,28,30). The maximum Gasteiger partial charge on any atom is 0.330 e. The van der Waals surface area contributed by atoms with E-state index in [1.807, 2.05) is 0 Å². The Balaban J connectivity index is 2.16. The topological polar surface area (TPSA) is 154 Å². The van der Waals surface area contributed by atoms with Crippen LogP contribution in [0.2, 0.25) is 0 Å². The minimum absolute atomic E-state index is 0.0224. The molecule has 0 aliphatic heterocycles. The SMILES string of the molecule is COCCn1c(N)c(N(Cc2ccccc2)C(=O)c2ccc([N+](=O)[O-])c(C)c2)c(=O)[nH]c1=O. The molecule has 0 radical (unpaired) electrons. The number of amides is 1. The van der Waals surface area contributed by atoms with E-state index in [-0.39, 0.29) is 48.0 Å². The fraction of sp³-hybridized carbons (Fsp3) is 0.227. The Morgan fingerprint density at radius 1 is 1.21 bits per heavy atom. The summed E-state index contributed by atoms with van der Waals surface area (Å²) in [6.45, 7) is 1.72.